The summed E-state index contributed by atoms with van der Waals surface area (Å²) in [5.41, 5.74) is 3.81. The second-order valence-electron chi connectivity index (χ2n) is 10.9. The second kappa shape index (κ2) is 9.26. The minimum Gasteiger partial charge on any atom is -0.477 e. The molecule has 0 bridgehead atoms. The van der Waals surface area contributed by atoms with Crippen LogP contribution in [0.4, 0.5) is 5.69 Å². The van der Waals surface area contributed by atoms with E-state index in [1.165, 1.54) is 11.3 Å². The molecule has 0 radical (unpaired) electrons. The Balaban J connectivity index is 1.02. The zero-order valence-electron chi connectivity index (χ0n) is 20.6. The molecular formula is C29H26Cl2N2O4S. The van der Waals surface area contributed by atoms with Gasteiger partial charge in [-0.2, -0.15) is 0 Å². The van der Waals surface area contributed by atoms with Gasteiger partial charge in [-0.3, -0.25) is 0 Å². The fraction of sp³-hybridized carbons (Fsp3) is 0.379. The molecule has 1 aliphatic heterocycles. The highest BCUT2D eigenvalue weighted by molar-refractivity contribution is 7.20. The number of nitrogens with zero attached hydrogens (tertiary/aromatic N) is 2. The van der Waals surface area contributed by atoms with Crippen LogP contribution in [0.3, 0.4) is 0 Å². The number of carbonyl (C=O) groups is 1. The Morgan fingerprint density at radius 2 is 1.97 bits per heavy atom. The van der Waals surface area contributed by atoms with Gasteiger partial charge in [0, 0.05) is 40.5 Å². The molecule has 9 heteroatoms. The first-order chi connectivity index (χ1) is 18.4. The Bertz CT molecular complexity index is 1530. The standard InChI is InChI=1S/C29H26Cl2N2O4S/c30-21-2-1-3-22(31)25(21)26-20(27(37-32-26)16-4-5-16)14-36-19-12-29(13-19)8-9-33(15-29)18-7-6-17-10-24(28(34)35)38-23(17)11-18/h1-3,6-7,10-11,16,19H,4-5,8-9,12-15H2,(H,34,35). The smallest absolute Gasteiger partial charge is 0.345 e. The van der Waals surface area contributed by atoms with Crippen LogP contribution < -0.4 is 4.90 Å². The molecule has 2 saturated carbocycles. The molecule has 3 aliphatic rings. The Labute approximate surface area is 234 Å². The van der Waals surface area contributed by atoms with Gasteiger partial charge in [0.15, 0.2) is 0 Å². The van der Waals surface area contributed by atoms with Gasteiger partial charge in [-0.05, 0) is 73.2 Å². The number of hydrogen-bond donors (Lipinski definition) is 1. The Hall–Kier alpha value is -2.58. The molecule has 196 valence electrons. The van der Waals surface area contributed by atoms with Crippen molar-refractivity contribution in [3.05, 3.63) is 68.7 Å². The summed E-state index contributed by atoms with van der Waals surface area (Å²) in [5, 5.41) is 15.8. The van der Waals surface area contributed by atoms with Gasteiger partial charge in [-0.1, -0.05) is 40.5 Å². The molecule has 4 aromatic rings. The number of hydrogen-bond acceptors (Lipinski definition) is 6. The molecule has 0 atom stereocenters. The molecule has 3 fully saturated rings. The summed E-state index contributed by atoms with van der Waals surface area (Å²) in [6.07, 6.45) is 5.60. The average molecular weight is 570 g/mol. The minimum atomic E-state index is -0.870. The van der Waals surface area contributed by atoms with E-state index in [2.05, 4.69) is 22.2 Å². The van der Waals surface area contributed by atoms with E-state index < -0.39 is 5.97 Å². The molecule has 1 N–H and O–H groups in total. The van der Waals surface area contributed by atoms with E-state index in [1.54, 1.807) is 6.07 Å². The third-order valence-electron chi connectivity index (χ3n) is 8.27. The van der Waals surface area contributed by atoms with Crippen LogP contribution in [0, 0.1) is 5.41 Å². The van der Waals surface area contributed by atoms with E-state index in [9.17, 15) is 9.90 Å². The van der Waals surface area contributed by atoms with Crippen molar-refractivity contribution < 1.29 is 19.2 Å². The lowest BCUT2D eigenvalue weighted by Gasteiger charge is -2.45. The molecule has 0 unspecified atom stereocenters. The highest BCUT2D eigenvalue weighted by Crippen LogP contribution is 2.52. The number of rotatable bonds is 7. The van der Waals surface area contributed by atoms with E-state index in [0.717, 1.165) is 72.3 Å². The first-order valence-electron chi connectivity index (χ1n) is 13.0. The van der Waals surface area contributed by atoms with Crippen LogP contribution in [0.5, 0.6) is 0 Å². The van der Waals surface area contributed by atoms with Crippen LogP contribution in [0.25, 0.3) is 21.3 Å². The molecule has 1 saturated heterocycles. The molecule has 2 aromatic heterocycles. The average Bonchev–Trinajstić information content (AvgIpc) is 3.28. The number of ether oxygens (including phenoxy) is 1. The lowest BCUT2D eigenvalue weighted by atomic mass is 9.66. The number of thiophene rings is 1. The summed E-state index contributed by atoms with van der Waals surface area (Å²) in [6, 6.07) is 13.5. The third-order valence-corrected chi connectivity index (χ3v) is 9.98. The molecule has 2 aliphatic carbocycles. The molecular weight excluding hydrogens is 543 g/mol. The van der Waals surface area contributed by atoms with Gasteiger partial charge in [-0.15, -0.1) is 11.3 Å². The van der Waals surface area contributed by atoms with E-state index in [1.807, 2.05) is 24.3 Å². The molecule has 6 nitrogen and oxygen atoms in total. The van der Waals surface area contributed by atoms with Crippen LogP contribution in [0.2, 0.25) is 10.0 Å². The quantitative estimate of drug-likeness (QED) is 0.243. The zero-order valence-corrected chi connectivity index (χ0v) is 22.9. The summed E-state index contributed by atoms with van der Waals surface area (Å²) in [5.74, 6) is 0.442. The van der Waals surface area contributed by atoms with Crippen molar-refractivity contribution in [2.45, 2.75) is 50.7 Å². The zero-order chi connectivity index (χ0) is 26.0. The number of halogens is 2. The minimum absolute atomic E-state index is 0.198. The highest BCUT2D eigenvalue weighted by atomic mass is 35.5. The van der Waals surface area contributed by atoms with Crippen molar-refractivity contribution >= 4 is 56.3 Å². The van der Waals surface area contributed by atoms with Crippen LogP contribution in [0.1, 0.15) is 59.0 Å². The van der Waals surface area contributed by atoms with Crippen molar-refractivity contribution in [2.75, 3.05) is 18.0 Å². The summed E-state index contributed by atoms with van der Waals surface area (Å²) in [6.45, 7) is 2.44. The molecule has 3 heterocycles. The number of carboxylic acid groups (broad SMARTS) is 1. The summed E-state index contributed by atoms with van der Waals surface area (Å²) in [7, 11) is 0. The number of fused-ring (bicyclic) bond motifs is 1. The van der Waals surface area contributed by atoms with E-state index in [-0.39, 0.29) is 11.5 Å². The van der Waals surface area contributed by atoms with Crippen molar-refractivity contribution in [3.63, 3.8) is 0 Å². The number of aromatic nitrogens is 1. The van der Waals surface area contributed by atoms with Crippen molar-refractivity contribution in [2.24, 2.45) is 5.41 Å². The number of benzene rings is 2. The predicted molar refractivity (Wildman–Crippen MR) is 150 cm³/mol. The van der Waals surface area contributed by atoms with Gasteiger partial charge >= 0.3 is 5.97 Å². The number of carboxylic acids is 1. The van der Waals surface area contributed by atoms with Gasteiger partial charge in [-0.25, -0.2) is 4.79 Å². The van der Waals surface area contributed by atoms with Gasteiger partial charge in [0.05, 0.1) is 22.8 Å². The van der Waals surface area contributed by atoms with Gasteiger partial charge in [0.2, 0.25) is 0 Å². The Morgan fingerprint density at radius 3 is 2.71 bits per heavy atom. The maximum atomic E-state index is 11.3. The van der Waals surface area contributed by atoms with Crippen LogP contribution in [-0.2, 0) is 11.3 Å². The van der Waals surface area contributed by atoms with Crippen LogP contribution in [0.15, 0.2) is 47.0 Å². The SMILES string of the molecule is O=C(O)c1cc2ccc(N3CCC4(CC(OCc5c(-c6c(Cl)cccc6Cl)noc5C5CC5)C4)C3)cc2s1. The predicted octanol–water partition coefficient (Wildman–Crippen LogP) is 8.01. The first-order valence-corrected chi connectivity index (χ1v) is 14.5. The second-order valence-corrected chi connectivity index (χ2v) is 12.8. The summed E-state index contributed by atoms with van der Waals surface area (Å²) in [4.78, 5) is 14.2. The van der Waals surface area contributed by atoms with Gasteiger partial charge in [0.25, 0.3) is 0 Å². The monoisotopic (exact) mass is 568 g/mol. The summed E-state index contributed by atoms with van der Waals surface area (Å²) >= 11 is 14.3. The van der Waals surface area contributed by atoms with Crippen molar-refractivity contribution in [3.8, 4) is 11.3 Å². The fourth-order valence-electron chi connectivity index (χ4n) is 6.08. The van der Waals surface area contributed by atoms with Crippen molar-refractivity contribution in [1.29, 1.82) is 0 Å². The van der Waals surface area contributed by atoms with Gasteiger partial charge in [0.1, 0.15) is 16.3 Å². The van der Waals surface area contributed by atoms with Crippen LogP contribution in [-0.4, -0.2) is 35.4 Å². The van der Waals surface area contributed by atoms with E-state index >= 15 is 0 Å². The molecule has 2 aromatic carbocycles. The maximum Gasteiger partial charge on any atom is 0.345 e. The normalized spacial score (nSPS) is 22.9. The third kappa shape index (κ3) is 4.30. The fourth-order valence-corrected chi connectivity index (χ4v) is 7.60. The van der Waals surface area contributed by atoms with Crippen LogP contribution >= 0.6 is 34.5 Å². The molecule has 0 amide bonds. The lowest BCUT2D eigenvalue weighted by molar-refractivity contribution is -0.0796. The van der Waals surface area contributed by atoms with E-state index in [4.69, 9.17) is 32.5 Å². The summed E-state index contributed by atoms with van der Waals surface area (Å²) < 4.78 is 13.2. The number of anilines is 1. The number of aromatic carboxylic acids is 1. The van der Waals surface area contributed by atoms with Crippen molar-refractivity contribution in [1.82, 2.24) is 5.16 Å². The van der Waals surface area contributed by atoms with E-state index in [0.29, 0.717) is 38.7 Å². The lowest BCUT2D eigenvalue weighted by Crippen LogP contribution is -2.44. The largest absolute Gasteiger partial charge is 0.477 e. The highest BCUT2D eigenvalue weighted by Gasteiger charge is 2.49. The Kier molecular flexibility index (Phi) is 5.96. The molecule has 1 spiro atoms. The first kappa shape index (κ1) is 24.5. The topological polar surface area (TPSA) is 75.8 Å². The van der Waals surface area contributed by atoms with Gasteiger partial charge < -0.3 is 19.3 Å². The Morgan fingerprint density at radius 1 is 1.18 bits per heavy atom. The molecule has 7 rings (SSSR count). The molecule has 38 heavy (non-hydrogen) atoms. The maximum absolute atomic E-state index is 11.3.